The Morgan fingerprint density at radius 3 is 2.43 bits per heavy atom. The Morgan fingerprint density at radius 2 is 1.71 bits per heavy atom. The van der Waals surface area contributed by atoms with Gasteiger partial charge in [0, 0.05) is 18.5 Å². The monoisotopic (exact) mass is 349 g/mol. The molecule has 2 aromatic rings. The quantitative estimate of drug-likeness (QED) is 0.766. The van der Waals surface area contributed by atoms with Gasteiger partial charge in [0.15, 0.2) is 0 Å². The first-order valence-electron chi connectivity index (χ1n) is 7.00. The number of hydrogen-bond acceptors (Lipinski definition) is 3. The van der Waals surface area contributed by atoms with Crippen LogP contribution in [-0.4, -0.2) is 13.2 Å². The van der Waals surface area contributed by atoms with Crippen LogP contribution >= 0.6 is 15.9 Å². The fourth-order valence-corrected chi connectivity index (χ4v) is 2.57. The Balaban J connectivity index is 1.75. The highest BCUT2D eigenvalue weighted by molar-refractivity contribution is 9.10. The van der Waals surface area contributed by atoms with Gasteiger partial charge in [-0.15, -0.1) is 0 Å². The Morgan fingerprint density at radius 1 is 1.00 bits per heavy atom. The molecular weight excluding hydrogens is 330 g/mol. The molecule has 0 amide bonds. The standard InChI is InChI=1S/C17H20BrNO2/c1-13-7-8-17(15(18)11-13)21-10-4-9-20-16-6-3-2-5-14(16)12-19/h2-3,5-8,11H,4,9-10,12,19H2,1H3. The molecule has 21 heavy (non-hydrogen) atoms. The maximum atomic E-state index is 5.74. The Hall–Kier alpha value is -1.52. The molecule has 0 saturated heterocycles. The van der Waals surface area contributed by atoms with Gasteiger partial charge in [-0.25, -0.2) is 0 Å². The summed E-state index contributed by atoms with van der Waals surface area (Å²) < 4.78 is 12.5. The highest BCUT2D eigenvalue weighted by atomic mass is 79.9. The summed E-state index contributed by atoms with van der Waals surface area (Å²) in [4.78, 5) is 0. The molecule has 3 nitrogen and oxygen atoms in total. The second kappa shape index (κ2) is 8.05. The first kappa shape index (κ1) is 15.9. The molecule has 0 bridgehead atoms. The minimum absolute atomic E-state index is 0.489. The minimum Gasteiger partial charge on any atom is -0.493 e. The van der Waals surface area contributed by atoms with Gasteiger partial charge >= 0.3 is 0 Å². The van der Waals surface area contributed by atoms with Crippen LogP contribution in [0.2, 0.25) is 0 Å². The van der Waals surface area contributed by atoms with Crippen LogP contribution in [0.3, 0.4) is 0 Å². The summed E-state index contributed by atoms with van der Waals surface area (Å²) in [5.41, 5.74) is 7.91. The summed E-state index contributed by atoms with van der Waals surface area (Å²) in [5, 5.41) is 0. The summed E-state index contributed by atoms with van der Waals surface area (Å²) in [5.74, 6) is 1.72. The van der Waals surface area contributed by atoms with Crippen LogP contribution in [0.4, 0.5) is 0 Å². The number of nitrogens with two attached hydrogens (primary N) is 1. The zero-order valence-electron chi connectivity index (χ0n) is 12.1. The van der Waals surface area contributed by atoms with E-state index in [4.69, 9.17) is 15.2 Å². The van der Waals surface area contributed by atoms with Crippen LogP contribution in [0.15, 0.2) is 46.9 Å². The van der Waals surface area contributed by atoms with E-state index >= 15 is 0 Å². The van der Waals surface area contributed by atoms with Crippen molar-refractivity contribution in [3.8, 4) is 11.5 Å². The predicted octanol–water partition coefficient (Wildman–Crippen LogP) is 4.06. The summed E-state index contributed by atoms with van der Waals surface area (Å²) >= 11 is 3.50. The van der Waals surface area contributed by atoms with Crippen molar-refractivity contribution < 1.29 is 9.47 Å². The lowest BCUT2D eigenvalue weighted by Gasteiger charge is -2.11. The third kappa shape index (κ3) is 4.76. The molecule has 0 aliphatic carbocycles. The van der Waals surface area contributed by atoms with Gasteiger partial charge in [0.05, 0.1) is 17.7 Å². The fourth-order valence-electron chi connectivity index (χ4n) is 1.96. The number of rotatable bonds is 7. The highest BCUT2D eigenvalue weighted by Gasteiger charge is 2.02. The Kier molecular flexibility index (Phi) is 6.08. The third-order valence-corrected chi connectivity index (χ3v) is 3.70. The lowest BCUT2D eigenvalue weighted by Crippen LogP contribution is -2.07. The average molecular weight is 350 g/mol. The van der Waals surface area contributed by atoms with Crippen LogP contribution in [0.25, 0.3) is 0 Å². The van der Waals surface area contributed by atoms with Crippen LogP contribution in [0, 0.1) is 6.92 Å². The van der Waals surface area contributed by atoms with Gasteiger partial charge in [0.25, 0.3) is 0 Å². The second-order valence-corrected chi connectivity index (χ2v) is 5.65. The molecule has 112 valence electrons. The van der Waals surface area contributed by atoms with Gasteiger partial charge in [0.1, 0.15) is 11.5 Å². The van der Waals surface area contributed by atoms with Crippen molar-refractivity contribution in [3.63, 3.8) is 0 Å². The summed E-state index contributed by atoms with van der Waals surface area (Å²) in [6.45, 7) is 3.77. The summed E-state index contributed by atoms with van der Waals surface area (Å²) in [7, 11) is 0. The van der Waals surface area contributed by atoms with Crippen LogP contribution < -0.4 is 15.2 Å². The normalized spacial score (nSPS) is 10.4. The maximum Gasteiger partial charge on any atom is 0.133 e. The van der Waals surface area contributed by atoms with Crippen LogP contribution in [0.5, 0.6) is 11.5 Å². The molecule has 2 rings (SSSR count). The second-order valence-electron chi connectivity index (χ2n) is 4.80. The fraction of sp³-hybridized carbons (Fsp3) is 0.294. The largest absolute Gasteiger partial charge is 0.493 e. The zero-order valence-corrected chi connectivity index (χ0v) is 13.7. The summed E-state index contributed by atoms with van der Waals surface area (Å²) in [6.07, 6.45) is 0.819. The van der Waals surface area contributed by atoms with E-state index in [1.54, 1.807) is 0 Å². The number of halogens is 1. The SMILES string of the molecule is Cc1ccc(OCCCOc2ccccc2CN)c(Br)c1. The molecule has 0 aromatic heterocycles. The molecule has 0 aliphatic rings. The lowest BCUT2D eigenvalue weighted by molar-refractivity contribution is 0.245. The maximum absolute atomic E-state index is 5.74. The minimum atomic E-state index is 0.489. The lowest BCUT2D eigenvalue weighted by atomic mass is 10.2. The van der Waals surface area contributed by atoms with E-state index in [0.29, 0.717) is 19.8 Å². The first-order valence-corrected chi connectivity index (χ1v) is 7.79. The molecule has 0 unspecified atom stereocenters. The molecule has 0 atom stereocenters. The van der Waals surface area contributed by atoms with E-state index < -0.39 is 0 Å². The molecule has 0 aliphatic heterocycles. The Bertz CT molecular complexity index is 587. The van der Waals surface area contributed by atoms with Gasteiger partial charge in [-0.1, -0.05) is 24.3 Å². The number of aryl methyl sites for hydroxylation is 1. The van der Waals surface area contributed by atoms with Crippen molar-refractivity contribution >= 4 is 15.9 Å². The number of ether oxygens (including phenoxy) is 2. The number of benzene rings is 2. The molecule has 0 spiro atoms. The van der Waals surface area contributed by atoms with Gasteiger partial charge in [-0.2, -0.15) is 0 Å². The van der Waals surface area contributed by atoms with Gasteiger partial charge in [-0.05, 0) is 46.6 Å². The molecule has 2 N–H and O–H groups in total. The molecule has 2 aromatic carbocycles. The van der Waals surface area contributed by atoms with Crippen LogP contribution in [0.1, 0.15) is 17.5 Å². The van der Waals surface area contributed by atoms with Gasteiger partial charge in [0.2, 0.25) is 0 Å². The molecule has 0 saturated carbocycles. The average Bonchev–Trinajstić information content (AvgIpc) is 2.49. The van der Waals surface area contributed by atoms with Crippen molar-refractivity contribution in [3.05, 3.63) is 58.1 Å². The third-order valence-electron chi connectivity index (χ3n) is 3.08. The van der Waals surface area contributed by atoms with Crippen molar-refractivity contribution in [2.24, 2.45) is 5.73 Å². The first-order chi connectivity index (χ1) is 10.2. The highest BCUT2D eigenvalue weighted by Crippen LogP contribution is 2.25. The topological polar surface area (TPSA) is 44.5 Å². The predicted molar refractivity (Wildman–Crippen MR) is 88.8 cm³/mol. The smallest absolute Gasteiger partial charge is 0.133 e. The van der Waals surface area contributed by atoms with E-state index in [-0.39, 0.29) is 0 Å². The number of para-hydroxylation sites is 1. The summed E-state index contributed by atoms with van der Waals surface area (Å²) in [6, 6.07) is 13.9. The molecule has 0 heterocycles. The van der Waals surface area contributed by atoms with E-state index in [0.717, 1.165) is 28.0 Å². The molecule has 0 radical (unpaired) electrons. The van der Waals surface area contributed by atoms with E-state index in [9.17, 15) is 0 Å². The molecule has 0 fully saturated rings. The zero-order chi connectivity index (χ0) is 15.1. The van der Waals surface area contributed by atoms with Crippen molar-refractivity contribution in [2.75, 3.05) is 13.2 Å². The molecule has 4 heteroatoms. The van der Waals surface area contributed by atoms with E-state index in [1.165, 1.54) is 5.56 Å². The van der Waals surface area contributed by atoms with Gasteiger partial charge in [-0.3, -0.25) is 0 Å². The van der Waals surface area contributed by atoms with E-state index in [2.05, 4.69) is 22.9 Å². The van der Waals surface area contributed by atoms with Crippen molar-refractivity contribution in [1.82, 2.24) is 0 Å². The van der Waals surface area contributed by atoms with Gasteiger partial charge < -0.3 is 15.2 Å². The molecular formula is C17H20BrNO2. The van der Waals surface area contributed by atoms with Crippen LogP contribution in [-0.2, 0) is 6.54 Å². The van der Waals surface area contributed by atoms with Crippen molar-refractivity contribution in [2.45, 2.75) is 19.9 Å². The van der Waals surface area contributed by atoms with E-state index in [1.807, 2.05) is 42.5 Å². The van der Waals surface area contributed by atoms with Crippen molar-refractivity contribution in [1.29, 1.82) is 0 Å². The number of hydrogen-bond donors (Lipinski definition) is 1. The Labute approximate surface area is 134 Å².